The maximum absolute atomic E-state index is 8.75. The Morgan fingerprint density at radius 3 is 1.79 bits per heavy atom. The molecule has 29 heavy (non-hydrogen) atoms. The van der Waals surface area contributed by atoms with E-state index in [1.807, 2.05) is 0 Å². The molecule has 0 radical (unpaired) electrons. The van der Waals surface area contributed by atoms with Crippen molar-refractivity contribution < 1.29 is 19.3 Å². The Morgan fingerprint density at radius 2 is 1.21 bits per heavy atom. The Balaban J connectivity index is 1.78. The van der Waals surface area contributed by atoms with E-state index in [2.05, 4.69) is 6.92 Å². The van der Waals surface area contributed by atoms with E-state index >= 15 is 0 Å². The SMILES string of the molecule is CCCCCCCCCCCCOC[C@H]1CO[C@H](COCCCCCCCO)C1. The van der Waals surface area contributed by atoms with Crippen LogP contribution in [0.25, 0.3) is 0 Å². The first-order valence-corrected chi connectivity index (χ1v) is 12.7. The van der Waals surface area contributed by atoms with Gasteiger partial charge in [0, 0.05) is 25.7 Å². The van der Waals surface area contributed by atoms with E-state index in [0.717, 1.165) is 58.7 Å². The van der Waals surface area contributed by atoms with Gasteiger partial charge in [0.25, 0.3) is 0 Å². The highest BCUT2D eigenvalue weighted by Crippen LogP contribution is 2.20. The molecule has 1 N–H and O–H groups in total. The second-order valence-corrected chi connectivity index (χ2v) is 8.88. The van der Waals surface area contributed by atoms with Gasteiger partial charge in [0.1, 0.15) is 0 Å². The van der Waals surface area contributed by atoms with Crippen LogP contribution < -0.4 is 0 Å². The first kappa shape index (κ1) is 26.9. The summed E-state index contributed by atoms with van der Waals surface area (Å²) in [5, 5.41) is 8.75. The maximum atomic E-state index is 8.75. The van der Waals surface area contributed by atoms with Crippen LogP contribution in [0.1, 0.15) is 110 Å². The second-order valence-electron chi connectivity index (χ2n) is 8.88. The minimum absolute atomic E-state index is 0.260. The zero-order chi connectivity index (χ0) is 20.8. The summed E-state index contributed by atoms with van der Waals surface area (Å²) < 4.78 is 17.5. The Morgan fingerprint density at radius 1 is 0.690 bits per heavy atom. The molecule has 1 saturated heterocycles. The van der Waals surface area contributed by atoms with E-state index in [-0.39, 0.29) is 6.10 Å². The predicted molar refractivity (Wildman–Crippen MR) is 121 cm³/mol. The number of hydrogen-bond acceptors (Lipinski definition) is 4. The third kappa shape index (κ3) is 17.2. The van der Waals surface area contributed by atoms with Crippen LogP contribution in [0.15, 0.2) is 0 Å². The molecule has 4 heteroatoms. The van der Waals surface area contributed by atoms with Crippen molar-refractivity contribution in [3.05, 3.63) is 0 Å². The van der Waals surface area contributed by atoms with Crippen LogP contribution in [0.4, 0.5) is 0 Å². The third-order valence-corrected chi connectivity index (χ3v) is 5.91. The number of hydrogen-bond donors (Lipinski definition) is 1. The van der Waals surface area contributed by atoms with Gasteiger partial charge in [-0.3, -0.25) is 0 Å². The molecule has 1 aliphatic rings. The molecule has 174 valence electrons. The zero-order valence-electron chi connectivity index (χ0n) is 19.4. The summed E-state index contributed by atoms with van der Waals surface area (Å²) in [5.74, 6) is 0.546. The van der Waals surface area contributed by atoms with E-state index in [9.17, 15) is 0 Å². The van der Waals surface area contributed by atoms with E-state index in [0.29, 0.717) is 12.5 Å². The molecule has 0 unspecified atom stereocenters. The highest BCUT2D eigenvalue weighted by Gasteiger charge is 2.25. The summed E-state index contributed by atoms with van der Waals surface area (Å²) in [6.45, 7) is 6.74. The van der Waals surface area contributed by atoms with Crippen molar-refractivity contribution in [2.24, 2.45) is 5.92 Å². The normalized spacial score (nSPS) is 19.2. The molecule has 0 spiro atoms. The highest BCUT2D eigenvalue weighted by atomic mass is 16.5. The van der Waals surface area contributed by atoms with Crippen LogP contribution >= 0.6 is 0 Å². The summed E-state index contributed by atoms with van der Waals surface area (Å²) in [7, 11) is 0. The summed E-state index contributed by atoms with van der Waals surface area (Å²) >= 11 is 0. The number of aliphatic hydroxyl groups excluding tert-OH is 1. The van der Waals surface area contributed by atoms with Crippen molar-refractivity contribution in [2.75, 3.05) is 39.6 Å². The number of unbranched alkanes of at least 4 members (excludes halogenated alkanes) is 13. The lowest BCUT2D eigenvalue weighted by Gasteiger charge is -2.11. The Bertz CT molecular complexity index is 324. The summed E-state index contributed by atoms with van der Waals surface area (Å²) in [4.78, 5) is 0. The van der Waals surface area contributed by atoms with E-state index in [1.165, 1.54) is 77.0 Å². The standard InChI is InChI=1S/C25H50O4/c1-2-3-4-5-6-7-8-9-12-15-18-27-21-24-20-25(29-22-24)23-28-19-16-13-10-11-14-17-26/h24-26H,2-23H2,1H3/t24-,25-/m0/s1. The quantitative estimate of drug-likeness (QED) is 0.212. The largest absolute Gasteiger partial charge is 0.396 e. The van der Waals surface area contributed by atoms with E-state index < -0.39 is 0 Å². The molecule has 1 heterocycles. The molecular formula is C25H50O4. The predicted octanol–water partition coefficient (Wildman–Crippen LogP) is 6.29. The van der Waals surface area contributed by atoms with Crippen LogP contribution in [0.5, 0.6) is 0 Å². The average molecular weight is 415 g/mol. The van der Waals surface area contributed by atoms with E-state index in [1.54, 1.807) is 0 Å². The number of aliphatic hydroxyl groups is 1. The van der Waals surface area contributed by atoms with Crippen molar-refractivity contribution in [3.8, 4) is 0 Å². The van der Waals surface area contributed by atoms with Crippen molar-refractivity contribution in [2.45, 2.75) is 116 Å². The molecule has 4 nitrogen and oxygen atoms in total. The van der Waals surface area contributed by atoms with Gasteiger partial charge in [-0.1, -0.05) is 84.0 Å². The lowest BCUT2D eigenvalue weighted by Crippen LogP contribution is -2.15. The van der Waals surface area contributed by atoms with Gasteiger partial charge in [0.2, 0.25) is 0 Å². The first-order chi connectivity index (χ1) is 14.4. The molecule has 1 rings (SSSR count). The van der Waals surface area contributed by atoms with Crippen LogP contribution in [0.2, 0.25) is 0 Å². The minimum atomic E-state index is 0.260. The van der Waals surface area contributed by atoms with Crippen molar-refractivity contribution >= 4 is 0 Å². The molecule has 0 bridgehead atoms. The molecule has 0 aromatic heterocycles. The molecule has 0 amide bonds. The van der Waals surface area contributed by atoms with Crippen LogP contribution in [-0.2, 0) is 14.2 Å². The number of rotatable bonds is 22. The molecule has 0 aromatic rings. The smallest absolute Gasteiger partial charge is 0.0813 e. The monoisotopic (exact) mass is 414 g/mol. The fraction of sp³-hybridized carbons (Fsp3) is 1.00. The lowest BCUT2D eigenvalue weighted by molar-refractivity contribution is 0.0140. The number of ether oxygens (including phenoxy) is 3. The topological polar surface area (TPSA) is 47.9 Å². The fourth-order valence-corrected chi connectivity index (χ4v) is 4.01. The Hall–Kier alpha value is -0.160. The van der Waals surface area contributed by atoms with Gasteiger partial charge in [-0.25, -0.2) is 0 Å². The molecular weight excluding hydrogens is 364 g/mol. The van der Waals surface area contributed by atoms with Crippen LogP contribution in [0.3, 0.4) is 0 Å². The zero-order valence-corrected chi connectivity index (χ0v) is 19.4. The van der Waals surface area contributed by atoms with Crippen LogP contribution in [0, 0.1) is 5.92 Å². The van der Waals surface area contributed by atoms with Gasteiger partial charge < -0.3 is 19.3 Å². The lowest BCUT2D eigenvalue weighted by atomic mass is 10.1. The summed E-state index contributed by atoms with van der Waals surface area (Å²) in [5.41, 5.74) is 0. The summed E-state index contributed by atoms with van der Waals surface area (Å²) in [6, 6.07) is 0. The minimum Gasteiger partial charge on any atom is -0.396 e. The van der Waals surface area contributed by atoms with Gasteiger partial charge >= 0.3 is 0 Å². The summed E-state index contributed by atoms with van der Waals surface area (Å²) in [6.07, 6.45) is 20.6. The van der Waals surface area contributed by atoms with Gasteiger partial charge in [-0.15, -0.1) is 0 Å². The molecule has 0 aliphatic carbocycles. The average Bonchev–Trinajstić information content (AvgIpc) is 3.18. The van der Waals surface area contributed by atoms with Crippen molar-refractivity contribution in [3.63, 3.8) is 0 Å². The van der Waals surface area contributed by atoms with Gasteiger partial charge in [-0.2, -0.15) is 0 Å². The van der Waals surface area contributed by atoms with Gasteiger partial charge in [0.05, 0.1) is 25.9 Å². The first-order valence-electron chi connectivity index (χ1n) is 12.7. The molecule has 0 saturated carbocycles. The Labute approximate surface area is 181 Å². The molecule has 1 aliphatic heterocycles. The van der Waals surface area contributed by atoms with Gasteiger partial charge in [0.15, 0.2) is 0 Å². The molecule has 0 aromatic carbocycles. The molecule has 1 fully saturated rings. The maximum Gasteiger partial charge on any atom is 0.0813 e. The second kappa shape index (κ2) is 21.1. The fourth-order valence-electron chi connectivity index (χ4n) is 4.01. The highest BCUT2D eigenvalue weighted by molar-refractivity contribution is 4.73. The van der Waals surface area contributed by atoms with Crippen molar-refractivity contribution in [1.82, 2.24) is 0 Å². The van der Waals surface area contributed by atoms with Crippen LogP contribution in [-0.4, -0.2) is 50.9 Å². The molecule has 2 atom stereocenters. The Kier molecular flexibility index (Phi) is 19.5. The third-order valence-electron chi connectivity index (χ3n) is 5.91. The van der Waals surface area contributed by atoms with Crippen molar-refractivity contribution in [1.29, 1.82) is 0 Å². The van der Waals surface area contributed by atoms with Gasteiger partial charge in [-0.05, 0) is 25.7 Å². The van der Waals surface area contributed by atoms with E-state index in [4.69, 9.17) is 19.3 Å².